The van der Waals surface area contributed by atoms with Crippen molar-refractivity contribution in [1.29, 1.82) is 0 Å². The highest BCUT2D eigenvalue weighted by atomic mass is 32.2. The first kappa shape index (κ1) is 26.4. The van der Waals surface area contributed by atoms with Gasteiger partial charge in [-0.2, -0.15) is 0 Å². The van der Waals surface area contributed by atoms with Crippen LogP contribution in [0.25, 0.3) is 10.9 Å². The van der Waals surface area contributed by atoms with Crippen LogP contribution in [0.2, 0.25) is 0 Å². The molecule has 8 nitrogen and oxygen atoms in total. The van der Waals surface area contributed by atoms with E-state index >= 15 is 0 Å². The third-order valence-corrected chi connectivity index (χ3v) is 7.74. The Bertz CT molecular complexity index is 1500. The molecule has 9 heteroatoms. The number of aromatic carboxylic acids is 1. The Morgan fingerprint density at radius 2 is 1.76 bits per heavy atom. The maximum absolute atomic E-state index is 12.6. The number of hydrogen-bond acceptors (Lipinski definition) is 5. The molecule has 0 fully saturated rings. The number of sulfonamides is 1. The maximum atomic E-state index is 12.6. The van der Waals surface area contributed by atoms with Gasteiger partial charge in [-0.05, 0) is 74.4 Å². The molecule has 3 aromatic carbocycles. The lowest BCUT2D eigenvalue weighted by atomic mass is 9.99. The zero-order chi connectivity index (χ0) is 26.6. The molecule has 1 heterocycles. The fourth-order valence-electron chi connectivity index (χ4n) is 4.13. The Balaban J connectivity index is 1.35. The SMILES string of the molecule is CC(C)(CCn1ccc2cc(C(=O)O)ccc21)NC[C@H](O)c1cccc(NS(=O)(=O)c2ccccc2)c1. The Morgan fingerprint density at radius 3 is 2.49 bits per heavy atom. The zero-order valence-electron chi connectivity index (χ0n) is 20.8. The first-order valence-electron chi connectivity index (χ1n) is 12.0. The number of aliphatic hydroxyl groups is 1. The molecule has 0 aliphatic carbocycles. The summed E-state index contributed by atoms with van der Waals surface area (Å²) < 4.78 is 29.9. The van der Waals surface area contributed by atoms with Crippen molar-refractivity contribution in [3.8, 4) is 0 Å². The molecule has 0 amide bonds. The van der Waals surface area contributed by atoms with Crippen molar-refractivity contribution in [3.63, 3.8) is 0 Å². The smallest absolute Gasteiger partial charge is 0.335 e. The summed E-state index contributed by atoms with van der Waals surface area (Å²) in [5, 5.41) is 24.3. The van der Waals surface area contributed by atoms with Crippen molar-refractivity contribution in [2.45, 2.75) is 43.4 Å². The molecule has 0 aliphatic rings. The van der Waals surface area contributed by atoms with Gasteiger partial charge in [0.05, 0.1) is 16.6 Å². The van der Waals surface area contributed by atoms with E-state index in [9.17, 15) is 23.4 Å². The summed E-state index contributed by atoms with van der Waals surface area (Å²) in [7, 11) is -3.72. The molecule has 37 heavy (non-hydrogen) atoms. The Kier molecular flexibility index (Phi) is 7.68. The average molecular weight is 522 g/mol. The van der Waals surface area contributed by atoms with Gasteiger partial charge in [-0.1, -0.05) is 30.3 Å². The van der Waals surface area contributed by atoms with E-state index in [0.29, 0.717) is 17.8 Å². The van der Waals surface area contributed by atoms with E-state index in [2.05, 4.69) is 28.5 Å². The van der Waals surface area contributed by atoms with Gasteiger partial charge in [-0.25, -0.2) is 13.2 Å². The first-order chi connectivity index (χ1) is 17.5. The number of hydrogen-bond donors (Lipinski definition) is 4. The highest BCUT2D eigenvalue weighted by Crippen LogP contribution is 2.23. The molecular weight excluding hydrogens is 490 g/mol. The first-order valence-corrected chi connectivity index (χ1v) is 13.5. The Morgan fingerprint density at radius 1 is 1.00 bits per heavy atom. The number of nitrogens with one attached hydrogen (secondary N) is 2. The number of carboxylic acids is 1. The predicted octanol–water partition coefficient (Wildman–Crippen LogP) is 4.63. The molecule has 0 saturated carbocycles. The number of carboxylic acid groups (broad SMARTS) is 1. The van der Waals surface area contributed by atoms with Gasteiger partial charge in [-0.15, -0.1) is 0 Å². The van der Waals surface area contributed by atoms with Crippen LogP contribution in [0, 0.1) is 0 Å². The molecule has 0 saturated heterocycles. The maximum Gasteiger partial charge on any atom is 0.335 e. The van der Waals surface area contributed by atoms with Crippen molar-refractivity contribution in [2.75, 3.05) is 11.3 Å². The van der Waals surface area contributed by atoms with E-state index in [0.717, 1.165) is 17.3 Å². The van der Waals surface area contributed by atoms with Crippen LogP contribution in [-0.2, 0) is 16.6 Å². The normalized spacial score (nSPS) is 12.9. The second-order valence-electron chi connectivity index (χ2n) is 9.66. The molecule has 1 aromatic heterocycles. The molecule has 1 atom stereocenters. The van der Waals surface area contributed by atoms with Gasteiger partial charge in [0.1, 0.15) is 0 Å². The molecule has 0 unspecified atom stereocenters. The van der Waals surface area contributed by atoms with Crippen molar-refractivity contribution in [2.24, 2.45) is 0 Å². The van der Waals surface area contributed by atoms with E-state index in [-0.39, 0.29) is 22.5 Å². The van der Waals surface area contributed by atoms with Gasteiger partial charge in [0.15, 0.2) is 0 Å². The molecule has 4 N–H and O–H groups in total. The van der Waals surface area contributed by atoms with Crippen LogP contribution in [0.15, 0.2) is 90.0 Å². The van der Waals surface area contributed by atoms with Crippen molar-refractivity contribution < 1.29 is 23.4 Å². The summed E-state index contributed by atoms with van der Waals surface area (Å²) in [6, 6.07) is 21.9. The van der Waals surface area contributed by atoms with E-state index in [1.54, 1.807) is 54.6 Å². The fraction of sp³-hybridized carbons (Fsp3) is 0.250. The van der Waals surface area contributed by atoms with Crippen LogP contribution in [0.5, 0.6) is 0 Å². The van der Waals surface area contributed by atoms with Crippen LogP contribution < -0.4 is 10.0 Å². The lowest BCUT2D eigenvalue weighted by Gasteiger charge is -2.28. The van der Waals surface area contributed by atoms with E-state index in [4.69, 9.17) is 0 Å². The van der Waals surface area contributed by atoms with Crippen LogP contribution >= 0.6 is 0 Å². The molecule has 0 radical (unpaired) electrons. The topological polar surface area (TPSA) is 121 Å². The Hall–Kier alpha value is -3.66. The number of anilines is 1. The number of aromatic nitrogens is 1. The number of benzene rings is 3. The van der Waals surface area contributed by atoms with Gasteiger partial charge in [-0.3, -0.25) is 4.72 Å². The summed E-state index contributed by atoms with van der Waals surface area (Å²) in [4.78, 5) is 11.4. The number of aryl methyl sites for hydroxylation is 1. The monoisotopic (exact) mass is 521 g/mol. The van der Waals surface area contributed by atoms with E-state index < -0.39 is 22.1 Å². The predicted molar refractivity (Wildman–Crippen MR) is 144 cm³/mol. The number of carbonyl (C=O) groups is 1. The van der Waals surface area contributed by atoms with Gasteiger partial charge in [0.2, 0.25) is 0 Å². The van der Waals surface area contributed by atoms with E-state index in [1.807, 2.05) is 18.3 Å². The van der Waals surface area contributed by atoms with Crippen LogP contribution in [0.3, 0.4) is 0 Å². The molecule has 0 aliphatic heterocycles. The van der Waals surface area contributed by atoms with Crippen LogP contribution in [-0.4, -0.2) is 41.3 Å². The van der Waals surface area contributed by atoms with Crippen LogP contribution in [0.4, 0.5) is 5.69 Å². The molecule has 4 aromatic rings. The summed E-state index contributed by atoms with van der Waals surface area (Å²) in [5.74, 6) is -0.947. The molecular formula is C28H31N3O5S. The van der Waals surface area contributed by atoms with E-state index in [1.165, 1.54) is 12.1 Å². The minimum atomic E-state index is -3.72. The Labute approximate surface area is 216 Å². The molecule has 0 spiro atoms. The summed E-state index contributed by atoms with van der Waals surface area (Å²) in [6.45, 7) is 5.11. The quantitative estimate of drug-likeness (QED) is 0.228. The number of β-amino-alcohol motifs (C(OH)–C–C–N with tert-alkyl or cyclic N) is 1. The van der Waals surface area contributed by atoms with Crippen molar-refractivity contribution >= 4 is 32.6 Å². The molecule has 0 bridgehead atoms. The molecule has 4 rings (SSSR count). The van der Waals surface area contributed by atoms with Crippen molar-refractivity contribution in [3.05, 3.63) is 96.2 Å². The standard InChI is InChI=1S/C28H31N3O5S/c1-28(2,14-16-31-15-13-20-17-22(27(33)34)11-12-25(20)31)29-19-26(32)21-7-6-8-23(18-21)30-37(35,36)24-9-4-3-5-10-24/h3-13,15,17-18,26,29-30,32H,14,16,19H2,1-2H3,(H,33,34)/t26-/m0/s1. The van der Waals surface area contributed by atoms with Gasteiger partial charge >= 0.3 is 5.97 Å². The van der Waals surface area contributed by atoms with Gasteiger partial charge in [0, 0.05) is 41.4 Å². The highest BCUT2D eigenvalue weighted by molar-refractivity contribution is 7.92. The zero-order valence-corrected chi connectivity index (χ0v) is 21.6. The highest BCUT2D eigenvalue weighted by Gasteiger charge is 2.20. The van der Waals surface area contributed by atoms with Crippen LogP contribution in [0.1, 0.15) is 42.3 Å². The summed E-state index contributed by atoms with van der Waals surface area (Å²) in [5.41, 5.74) is 1.91. The average Bonchev–Trinajstić information content (AvgIpc) is 3.29. The lowest BCUT2D eigenvalue weighted by molar-refractivity contribution is 0.0697. The summed E-state index contributed by atoms with van der Waals surface area (Å²) in [6.07, 6.45) is 1.88. The minimum Gasteiger partial charge on any atom is -0.478 e. The summed E-state index contributed by atoms with van der Waals surface area (Å²) >= 11 is 0. The number of rotatable bonds is 11. The number of fused-ring (bicyclic) bond motifs is 1. The second kappa shape index (κ2) is 10.8. The number of aliphatic hydroxyl groups excluding tert-OH is 1. The lowest BCUT2D eigenvalue weighted by Crippen LogP contribution is -2.42. The fourth-order valence-corrected chi connectivity index (χ4v) is 5.20. The number of nitrogens with zero attached hydrogens (tertiary/aromatic N) is 1. The third kappa shape index (κ3) is 6.56. The van der Waals surface area contributed by atoms with Crippen molar-refractivity contribution in [1.82, 2.24) is 9.88 Å². The second-order valence-corrected chi connectivity index (χ2v) is 11.3. The van der Waals surface area contributed by atoms with Gasteiger partial charge in [0.25, 0.3) is 10.0 Å². The molecule has 194 valence electrons. The van der Waals surface area contributed by atoms with Gasteiger partial charge < -0.3 is 20.1 Å². The minimum absolute atomic E-state index is 0.169. The largest absolute Gasteiger partial charge is 0.478 e. The third-order valence-electron chi connectivity index (χ3n) is 6.35.